The fourth-order valence-corrected chi connectivity index (χ4v) is 14.1. The molecule has 24 nitrogen and oxygen atoms in total. The monoisotopic (exact) mass is 1140 g/mol. The van der Waals surface area contributed by atoms with Gasteiger partial charge in [-0.05, 0) is 139 Å². The Morgan fingerprint density at radius 2 is 0.524 bits per heavy atom. The van der Waals surface area contributed by atoms with E-state index in [-0.39, 0.29) is 69.1 Å². The summed E-state index contributed by atoms with van der Waals surface area (Å²) in [7, 11) is 7.65. The van der Waals surface area contributed by atoms with Gasteiger partial charge in [0, 0.05) is 101 Å². The van der Waals surface area contributed by atoms with Gasteiger partial charge in [-0.3, -0.25) is 77.1 Å². The summed E-state index contributed by atoms with van der Waals surface area (Å²) in [5.41, 5.74) is -1.14. The highest BCUT2D eigenvalue weighted by atomic mass is 16.3. The maximum Gasteiger partial charge on any atom is 0.278 e. The highest BCUT2D eigenvalue weighted by Crippen LogP contribution is 2.48. The molecule has 0 aromatic carbocycles. The first-order valence-electron chi connectivity index (χ1n) is 28.8. The Morgan fingerprint density at radius 1 is 0.329 bits per heavy atom. The molecule has 4 aliphatic heterocycles. The van der Waals surface area contributed by atoms with Crippen LogP contribution in [0.25, 0.3) is 0 Å². The van der Waals surface area contributed by atoms with Crippen molar-refractivity contribution in [1.82, 2.24) is 38.3 Å². The number of fused-ring (bicyclic) bond motifs is 4. The fourth-order valence-electron chi connectivity index (χ4n) is 14.1. The Balaban J connectivity index is 0.000000132. The molecule has 4 fully saturated rings. The van der Waals surface area contributed by atoms with E-state index in [4.69, 9.17) is 0 Å². The summed E-state index contributed by atoms with van der Waals surface area (Å²) in [6, 6.07) is 0. The third-order valence-corrected chi connectivity index (χ3v) is 19.0. The first-order chi connectivity index (χ1) is 38.7. The molecule has 0 atom stereocenters. The quantitative estimate of drug-likeness (QED) is 0.226. The van der Waals surface area contributed by atoms with Crippen molar-refractivity contribution in [2.24, 2.45) is 0 Å². The van der Waals surface area contributed by atoms with Gasteiger partial charge in [-0.1, -0.05) is 6.42 Å². The zero-order chi connectivity index (χ0) is 60.0. The van der Waals surface area contributed by atoms with Gasteiger partial charge in [0.05, 0.1) is 0 Å². The van der Waals surface area contributed by atoms with Crippen LogP contribution >= 0.6 is 0 Å². The lowest BCUT2D eigenvalue weighted by Gasteiger charge is -2.58. The molecule has 4 amide bonds. The van der Waals surface area contributed by atoms with Crippen molar-refractivity contribution in [3.8, 4) is 23.0 Å². The van der Waals surface area contributed by atoms with Crippen molar-refractivity contribution in [3.63, 3.8) is 0 Å². The third kappa shape index (κ3) is 8.41. The van der Waals surface area contributed by atoms with Gasteiger partial charge in [-0.2, -0.15) is 0 Å². The second kappa shape index (κ2) is 21.1. The van der Waals surface area contributed by atoms with E-state index in [1.54, 1.807) is 85.9 Å². The minimum atomic E-state index is -0.476. The van der Waals surface area contributed by atoms with Crippen molar-refractivity contribution >= 4 is 23.6 Å². The van der Waals surface area contributed by atoms with Crippen LogP contribution in [0.3, 0.4) is 0 Å². The topological polar surface area (TPSA) is 263 Å². The number of hydrogen-bond donors (Lipinski definition) is 4. The number of rotatable bonds is 4. The maximum atomic E-state index is 12.9. The predicted octanol–water partition coefficient (Wildman–Crippen LogP) is 3.92. The van der Waals surface area contributed by atoms with Gasteiger partial charge in [-0.25, -0.2) is 0 Å². The van der Waals surface area contributed by atoms with Crippen molar-refractivity contribution in [3.05, 3.63) is 111 Å². The van der Waals surface area contributed by atoms with Gasteiger partial charge in [0.2, 0.25) is 21.7 Å². The van der Waals surface area contributed by atoms with Crippen LogP contribution in [0.1, 0.15) is 182 Å². The predicted molar refractivity (Wildman–Crippen MR) is 307 cm³/mol. The molecule has 4 aliphatic carbocycles. The van der Waals surface area contributed by atoms with E-state index in [0.29, 0.717) is 48.4 Å². The molecule has 444 valence electrons. The highest BCUT2D eigenvalue weighted by Gasteiger charge is 2.58. The summed E-state index contributed by atoms with van der Waals surface area (Å²) in [4.78, 5) is 106. The van der Waals surface area contributed by atoms with Crippen LogP contribution in [0.5, 0.6) is 23.0 Å². The van der Waals surface area contributed by atoms with Gasteiger partial charge in [0.25, 0.3) is 23.6 Å². The van der Waals surface area contributed by atoms with Crippen LogP contribution in [0.4, 0.5) is 0 Å². The van der Waals surface area contributed by atoms with E-state index in [0.717, 1.165) is 83.5 Å². The Hall–Kier alpha value is -7.92. The molecule has 0 radical (unpaired) electrons. The minimum absolute atomic E-state index is 0.0671. The van der Waals surface area contributed by atoms with Gasteiger partial charge in [0.15, 0.2) is 45.8 Å². The zero-order valence-corrected chi connectivity index (χ0v) is 49.5. The van der Waals surface area contributed by atoms with E-state index in [2.05, 4.69) is 0 Å². The van der Waals surface area contributed by atoms with E-state index in [1.807, 2.05) is 80.8 Å². The molecule has 8 aliphatic rings. The largest absolute Gasteiger partial charge is 0.502 e. The molecule has 4 saturated carbocycles. The summed E-state index contributed by atoms with van der Waals surface area (Å²) < 4.78 is 6.59. The number of hydrogen-bond acceptors (Lipinski definition) is 16. The van der Waals surface area contributed by atoms with Gasteiger partial charge in [-0.15, -0.1) is 0 Å². The van der Waals surface area contributed by atoms with Crippen molar-refractivity contribution in [1.29, 1.82) is 0 Å². The Morgan fingerprint density at radius 3 is 0.707 bits per heavy atom. The number of carbonyl (C=O) groups excluding carboxylic acids is 4. The average Bonchev–Trinajstić information content (AvgIpc) is 3.87. The van der Waals surface area contributed by atoms with E-state index < -0.39 is 44.7 Å². The summed E-state index contributed by atoms with van der Waals surface area (Å²) in [5, 5.41) is 48.4. The second-order valence-corrected chi connectivity index (χ2v) is 23.1. The molecule has 4 aromatic rings. The molecule has 0 unspecified atom stereocenters. The lowest BCUT2D eigenvalue weighted by atomic mass is 9.81. The number of aromatic hydroxyl groups is 4. The maximum absolute atomic E-state index is 12.9. The van der Waals surface area contributed by atoms with E-state index in [1.165, 1.54) is 6.42 Å². The van der Waals surface area contributed by atoms with Crippen molar-refractivity contribution < 1.29 is 39.6 Å². The van der Waals surface area contributed by atoms with Crippen molar-refractivity contribution in [2.45, 2.75) is 168 Å². The third-order valence-electron chi connectivity index (χ3n) is 19.0. The van der Waals surface area contributed by atoms with Crippen LogP contribution in [-0.2, 0) is 0 Å². The smallest absolute Gasteiger partial charge is 0.278 e. The van der Waals surface area contributed by atoms with E-state index >= 15 is 0 Å². The number of pyridine rings is 4. The number of carbonyl (C=O) groups is 4. The van der Waals surface area contributed by atoms with Crippen LogP contribution < -0.4 is 41.8 Å². The lowest BCUT2D eigenvalue weighted by molar-refractivity contribution is -0.00558. The molecule has 4 spiro atoms. The van der Waals surface area contributed by atoms with Gasteiger partial charge >= 0.3 is 0 Å². The minimum Gasteiger partial charge on any atom is -0.502 e. The Bertz CT molecular complexity index is 3530. The first-order valence-corrected chi connectivity index (χ1v) is 28.8. The molecule has 82 heavy (non-hydrogen) atoms. The molecule has 24 heteroatoms. The highest BCUT2D eigenvalue weighted by molar-refractivity contribution is 5.99. The van der Waals surface area contributed by atoms with Gasteiger partial charge < -0.3 is 40.0 Å². The molecule has 0 bridgehead atoms. The number of aryl methyl sites for hydroxylation is 4. The number of amides is 4. The SMILES string of the molecule is CCN1C(=O)c2c(O)c(=O)c(C)cn2N(C)C12CC2.CCN1C(=O)c2c(O)c(=O)c(C)cn2N(C)C12CCC2.CCN1C(=O)c2c(O)c(=O)c(C)cn2N(C)C12CCCC2.CCN1C(=O)c2c(O)c(=O)c(C)cn2N(C)C12CCCCC2. The summed E-state index contributed by atoms with van der Waals surface area (Å²) in [6.07, 6.45) is 20.5. The normalized spacial score (nSPS) is 20.1. The fraction of sp³-hybridized carbons (Fsp3) is 0.586. The lowest BCUT2D eigenvalue weighted by Crippen LogP contribution is -2.72. The Labute approximate surface area is 476 Å². The summed E-state index contributed by atoms with van der Waals surface area (Å²) in [6.45, 7) is 16.5. The standard InChI is InChI=1S/C16H23N3O3.C15H21N3O3.C14H19N3O3.C13H17N3O3/c1-4-18-15(22)12-14(21)13(20)11(2)10-19(12)17(3)16(18)8-6-5-7-9-16;1-4-17-14(21)11-13(20)12(19)10(2)9-18(11)16(3)15(17)7-5-6-8-15;1-4-16-13(20)10-12(19)11(18)9(2)8-17(10)15(3)14(16)6-5-7-14;1-4-15-12(19)9-11(18)10(17)8(2)7-16(9)14(3)13(15)5-6-13/h10,21H,4-9H2,1-3H3;9,20H,4-8H2,1-3H3;8,19H,4-7H2,1-3H3;7,18H,4-6H2,1-3H3. The first kappa shape index (κ1) is 58.7. The number of aromatic nitrogens is 4. The van der Waals surface area contributed by atoms with Crippen LogP contribution in [0.15, 0.2) is 44.0 Å². The summed E-state index contributed by atoms with van der Waals surface area (Å²) in [5.74, 6) is -2.84. The van der Waals surface area contributed by atoms with Crippen LogP contribution in [0, 0.1) is 27.7 Å². The van der Waals surface area contributed by atoms with E-state index in [9.17, 15) is 58.8 Å². The van der Waals surface area contributed by atoms with Gasteiger partial charge in [0.1, 0.15) is 22.7 Å². The van der Waals surface area contributed by atoms with Crippen LogP contribution in [-0.4, -0.2) is 159 Å². The zero-order valence-electron chi connectivity index (χ0n) is 49.5. The Kier molecular flexibility index (Phi) is 15.1. The molecular weight excluding hydrogens is 1060 g/mol. The van der Waals surface area contributed by atoms with Crippen LogP contribution in [0.2, 0.25) is 0 Å². The molecule has 8 heterocycles. The molecular formula is C58H80N12O12. The molecule has 4 N–H and O–H groups in total. The average molecular weight is 1140 g/mol. The van der Waals surface area contributed by atoms with Crippen molar-refractivity contribution in [2.75, 3.05) is 74.4 Å². The second-order valence-electron chi connectivity index (χ2n) is 23.1. The molecule has 0 saturated heterocycles. The number of nitrogens with zero attached hydrogens (tertiary/aromatic N) is 12. The summed E-state index contributed by atoms with van der Waals surface area (Å²) >= 11 is 0. The molecule has 4 aromatic heterocycles. The molecule has 12 rings (SSSR count).